The lowest BCUT2D eigenvalue weighted by atomic mass is 10.0. The van der Waals surface area contributed by atoms with E-state index < -0.39 is 6.10 Å². The number of unbranched alkanes of at least 4 members (excludes halogenated alkanes) is 40. The molecule has 0 radical (unpaired) electrons. The number of carbonyl (C=O) groups excluding carboxylic acids is 3. The molecule has 1 atom stereocenters. The van der Waals surface area contributed by atoms with Crippen LogP contribution in [0.5, 0.6) is 0 Å². The van der Waals surface area contributed by atoms with Crippen LogP contribution in [0, 0.1) is 0 Å². The van der Waals surface area contributed by atoms with Gasteiger partial charge in [0.1, 0.15) is 13.2 Å². The highest BCUT2D eigenvalue weighted by atomic mass is 16.6. The lowest BCUT2D eigenvalue weighted by molar-refractivity contribution is -0.167. The Bertz CT molecular complexity index is 1450. The van der Waals surface area contributed by atoms with Crippen LogP contribution in [0.3, 0.4) is 0 Å². The SMILES string of the molecule is CCCCCCC/C=C\C/C=C\C/C=C\CCCCCCCCCCCCC(=O)OCC(COC(=O)CCCCCCCCCCCCCCC)OC(=O)CCCCCCCCCC/C=C\C/C=C\C/C=C\CCCCCCC. The summed E-state index contributed by atoms with van der Waals surface area (Å²) in [7, 11) is 0. The molecule has 6 nitrogen and oxygen atoms in total. The Morgan fingerprint density at radius 1 is 0.253 bits per heavy atom. The number of carbonyl (C=O) groups is 3. The van der Waals surface area contributed by atoms with Gasteiger partial charge >= 0.3 is 17.9 Å². The Morgan fingerprint density at radius 2 is 0.456 bits per heavy atom. The van der Waals surface area contributed by atoms with E-state index in [2.05, 4.69) is 93.7 Å². The maximum atomic E-state index is 12.9. The van der Waals surface area contributed by atoms with Crippen molar-refractivity contribution in [2.75, 3.05) is 13.2 Å². The van der Waals surface area contributed by atoms with Gasteiger partial charge in [0.15, 0.2) is 6.10 Å². The van der Waals surface area contributed by atoms with Gasteiger partial charge in [-0.1, -0.05) is 312 Å². The van der Waals surface area contributed by atoms with Crippen molar-refractivity contribution in [3.63, 3.8) is 0 Å². The average Bonchev–Trinajstić information content (AvgIpc) is 3.45. The second kappa shape index (κ2) is 67.4. The molecule has 0 aliphatic heterocycles. The second-order valence-corrected chi connectivity index (χ2v) is 23.1. The summed E-state index contributed by atoms with van der Waals surface area (Å²) < 4.78 is 17.0. The summed E-state index contributed by atoms with van der Waals surface area (Å²) >= 11 is 0. The van der Waals surface area contributed by atoms with E-state index in [0.29, 0.717) is 19.3 Å². The van der Waals surface area contributed by atoms with Crippen LogP contribution in [0.15, 0.2) is 72.9 Å². The molecular formula is C73H130O6. The van der Waals surface area contributed by atoms with E-state index in [0.717, 1.165) is 89.9 Å². The van der Waals surface area contributed by atoms with Crippen LogP contribution in [0.1, 0.15) is 355 Å². The number of hydrogen-bond donors (Lipinski definition) is 0. The van der Waals surface area contributed by atoms with Crippen molar-refractivity contribution < 1.29 is 28.6 Å². The van der Waals surface area contributed by atoms with Crippen molar-refractivity contribution in [2.45, 2.75) is 361 Å². The molecule has 0 aromatic carbocycles. The minimum atomic E-state index is -0.781. The van der Waals surface area contributed by atoms with Gasteiger partial charge in [0.05, 0.1) is 0 Å². The fourth-order valence-corrected chi connectivity index (χ4v) is 9.99. The summed E-state index contributed by atoms with van der Waals surface area (Å²) in [6.45, 7) is 6.65. The van der Waals surface area contributed by atoms with Gasteiger partial charge in [0, 0.05) is 19.3 Å². The Hall–Kier alpha value is -3.15. The first-order valence-electron chi connectivity index (χ1n) is 34.4. The standard InChI is InChI=1S/C73H130O6/c1-4-7-10-13-16-19-22-25-27-29-31-33-35-36-38-39-41-43-45-48-51-54-57-60-63-66-72(75)78-69-70(68-77-71(74)65-62-59-56-53-50-47-24-21-18-15-12-9-6-3)79-73(76)67-64-61-58-55-52-49-46-44-42-40-37-34-32-30-28-26-23-20-17-14-11-8-5-2/h22-23,25-26,29-32,35-37,40,70H,4-21,24,27-28,33-34,38-39,41-69H2,1-3H3/b25-22-,26-23-,31-29-,32-30-,36-35-,40-37-. The Labute approximate surface area is 491 Å². The van der Waals surface area contributed by atoms with Crippen LogP contribution in [-0.4, -0.2) is 37.2 Å². The molecule has 0 amide bonds. The maximum Gasteiger partial charge on any atom is 0.306 e. The molecule has 0 bridgehead atoms. The van der Waals surface area contributed by atoms with Gasteiger partial charge in [-0.25, -0.2) is 0 Å². The lowest BCUT2D eigenvalue weighted by Crippen LogP contribution is -2.30. The van der Waals surface area contributed by atoms with Gasteiger partial charge < -0.3 is 14.2 Å². The third kappa shape index (κ3) is 65.5. The highest BCUT2D eigenvalue weighted by Crippen LogP contribution is 2.17. The Kier molecular flexibility index (Phi) is 64.7. The number of ether oxygens (including phenoxy) is 3. The first-order valence-corrected chi connectivity index (χ1v) is 34.4. The van der Waals surface area contributed by atoms with E-state index in [1.807, 2.05) is 0 Å². The van der Waals surface area contributed by atoms with Gasteiger partial charge in [0.2, 0.25) is 0 Å². The van der Waals surface area contributed by atoms with Crippen molar-refractivity contribution in [1.29, 1.82) is 0 Å². The molecule has 6 heteroatoms. The fourth-order valence-electron chi connectivity index (χ4n) is 9.99. The first-order chi connectivity index (χ1) is 39.0. The van der Waals surface area contributed by atoms with Crippen LogP contribution in [0.25, 0.3) is 0 Å². The third-order valence-electron chi connectivity index (χ3n) is 15.2. The predicted octanol–water partition coefficient (Wildman–Crippen LogP) is 23.7. The Balaban J connectivity index is 4.32. The average molecular weight is 1100 g/mol. The molecule has 0 rings (SSSR count). The quantitative estimate of drug-likeness (QED) is 0.0261. The summed E-state index contributed by atoms with van der Waals surface area (Å²) in [4.78, 5) is 38.4. The number of hydrogen-bond acceptors (Lipinski definition) is 6. The normalized spacial score (nSPS) is 12.5. The smallest absolute Gasteiger partial charge is 0.306 e. The zero-order valence-corrected chi connectivity index (χ0v) is 52.6. The number of rotatable bonds is 63. The van der Waals surface area contributed by atoms with E-state index >= 15 is 0 Å². The zero-order chi connectivity index (χ0) is 57.1. The van der Waals surface area contributed by atoms with Crippen molar-refractivity contribution in [1.82, 2.24) is 0 Å². The van der Waals surface area contributed by atoms with Crippen LogP contribution < -0.4 is 0 Å². The van der Waals surface area contributed by atoms with Crippen molar-refractivity contribution in [2.24, 2.45) is 0 Å². The van der Waals surface area contributed by atoms with Gasteiger partial charge in [-0.05, 0) is 96.3 Å². The molecule has 1 unspecified atom stereocenters. The van der Waals surface area contributed by atoms with Crippen molar-refractivity contribution in [3.8, 4) is 0 Å². The van der Waals surface area contributed by atoms with Crippen molar-refractivity contribution >= 4 is 17.9 Å². The molecule has 0 spiro atoms. The van der Waals surface area contributed by atoms with E-state index in [4.69, 9.17) is 14.2 Å². The topological polar surface area (TPSA) is 78.9 Å². The zero-order valence-electron chi connectivity index (χ0n) is 52.6. The summed E-state index contributed by atoms with van der Waals surface area (Å²) in [6, 6.07) is 0. The summed E-state index contributed by atoms with van der Waals surface area (Å²) in [5.41, 5.74) is 0. The minimum absolute atomic E-state index is 0.0763. The van der Waals surface area contributed by atoms with Gasteiger partial charge in [-0.2, -0.15) is 0 Å². The summed E-state index contributed by atoms with van der Waals surface area (Å²) in [5, 5.41) is 0. The van der Waals surface area contributed by atoms with Gasteiger partial charge in [-0.15, -0.1) is 0 Å². The van der Waals surface area contributed by atoms with Crippen LogP contribution >= 0.6 is 0 Å². The first kappa shape index (κ1) is 75.8. The highest BCUT2D eigenvalue weighted by molar-refractivity contribution is 5.71. The highest BCUT2D eigenvalue weighted by Gasteiger charge is 2.19. The Morgan fingerprint density at radius 3 is 0.709 bits per heavy atom. The fraction of sp³-hybridized carbons (Fsp3) is 0.795. The van der Waals surface area contributed by atoms with Crippen LogP contribution in [0.4, 0.5) is 0 Å². The largest absolute Gasteiger partial charge is 0.462 e. The predicted molar refractivity (Wildman–Crippen MR) is 344 cm³/mol. The van der Waals surface area contributed by atoms with Crippen molar-refractivity contribution in [3.05, 3.63) is 72.9 Å². The molecular weight excluding hydrogens is 973 g/mol. The molecule has 0 fully saturated rings. The summed E-state index contributed by atoms with van der Waals surface area (Å²) in [5.74, 6) is -0.869. The van der Waals surface area contributed by atoms with Crippen LogP contribution in [0.2, 0.25) is 0 Å². The molecule has 0 aromatic heterocycles. The minimum Gasteiger partial charge on any atom is -0.462 e. The number of allylic oxidation sites excluding steroid dienone is 12. The van der Waals surface area contributed by atoms with Crippen LogP contribution in [-0.2, 0) is 28.6 Å². The third-order valence-corrected chi connectivity index (χ3v) is 15.2. The second-order valence-electron chi connectivity index (χ2n) is 23.1. The van der Waals surface area contributed by atoms with E-state index in [-0.39, 0.29) is 31.1 Å². The summed E-state index contributed by atoms with van der Waals surface area (Å²) in [6.07, 6.45) is 87.7. The molecule has 458 valence electrons. The monoisotopic (exact) mass is 1100 g/mol. The van der Waals surface area contributed by atoms with E-state index in [1.54, 1.807) is 0 Å². The number of esters is 3. The molecule has 0 saturated carbocycles. The molecule has 79 heavy (non-hydrogen) atoms. The van der Waals surface area contributed by atoms with E-state index in [9.17, 15) is 14.4 Å². The molecule has 0 aliphatic carbocycles. The molecule has 0 N–H and O–H groups in total. The van der Waals surface area contributed by atoms with Gasteiger partial charge in [0.25, 0.3) is 0 Å². The molecule has 0 aromatic rings. The molecule has 0 heterocycles. The molecule has 0 aliphatic rings. The molecule has 0 saturated heterocycles. The van der Waals surface area contributed by atoms with Gasteiger partial charge in [-0.3, -0.25) is 14.4 Å². The maximum absolute atomic E-state index is 12.9. The van der Waals surface area contributed by atoms with E-state index in [1.165, 1.54) is 225 Å². The lowest BCUT2D eigenvalue weighted by Gasteiger charge is -2.18.